The Hall–Kier alpha value is -2.11. The van der Waals surface area contributed by atoms with Crippen LogP contribution >= 0.6 is 0 Å². The van der Waals surface area contributed by atoms with Gasteiger partial charge in [-0.05, 0) is 39.0 Å². The zero-order chi connectivity index (χ0) is 14.6. The first-order chi connectivity index (χ1) is 8.69. The van der Waals surface area contributed by atoms with E-state index in [1.165, 1.54) is 12.1 Å². The Kier molecular flexibility index (Phi) is 4.47. The quantitative estimate of drug-likeness (QED) is 0.716. The molecule has 0 saturated carbocycles. The molecule has 0 spiro atoms. The van der Waals surface area contributed by atoms with E-state index >= 15 is 0 Å². The van der Waals surface area contributed by atoms with Crippen LogP contribution < -0.4 is 16.4 Å². The first kappa shape index (κ1) is 14.9. The molecular formula is C13H18FN3O2. The molecule has 0 heterocycles. The van der Waals surface area contributed by atoms with E-state index in [1.54, 1.807) is 0 Å². The van der Waals surface area contributed by atoms with Gasteiger partial charge in [0.1, 0.15) is 5.82 Å². The van der Waals surface area contributed by atoms with Crippen LogP contribution in [-0.4, -0.2) is 23.9 Å². The largest absolute Gasteiger partial charge is 0.396 e. The fraction of sp³-hybridized carbons (Fsp3) is 0.385. The van der Waals surface area contributed by atoms with Crippen molar-refractivity contribution in [2.24, 2.45) is 0 Å². The molecule has 2 amide bonds. The standard InChI is InChI=1S/C13H18FN3O2/c1-13(2,3)17-11(18)7-16-12(19)8-4-5-10(15)9(14)6-8/h4-6H,7,15H2,1-3H3,(H,16,19)(H,17,18). The molecule has 6 heteroatoms. The lowest BCUT2D eigenvalue weighted by atomic mass is 10.1. The molecule has 0 fully saturated rings. The SMILES string of the molecule is CC(C)(C)NC(=O)CNC(=O)c1ccc(N)c(F)c1. The van der Waals surface area contributed by atoms with Crippen LogP contribution in [0.2, 0.25) is 0 Å². The summed E-state index contributed by atoms with van der Waals surface area (Å²) in [5, 5.41) is 5.11. The molecule has 1 rings (SSSR count). The Morgan fingerprint density at radius 1 is 1.32 bits per heavy atom. The minimum Gasteiger partial charge on any atom is -0.396 e. The average Bonchev–Trinajstić information content (AvgIpc) is 2.27. The summed E-state index contributed by atoms with van der Waals surface area (Å²) in [5.41, 5.74) is 5.04. The van der Waals surface area contributed by atoms with Crippen molar-refractivity contribution in [3.05, 3.63) is 29.6 Å². The predicted molar refractivity (Wildman–Crippen MR) is 71.0 cm³/mol. The van der Waals surface area contributed by atoms with Gasteiger partial charge in [0.15, 0.2) is 0 Å². The lowest BCUT2D eigenvalue weighted by Crippen LogP contribution is -2.45. The summed E-state index contributed by atoms with van der Waals surface area (Å²) in [6, 6.07) is 3.74. The fourth-order valence-electron chi connectivity index (χ4n) is 1.39. The lowest BCUT2D eigenvalue weighted by molar-refractivity contribution is -0.121. The maximum Gasteiger partial charge on any atom is 0.251 e. The minimum atomic E-state index is -0.660. The molecule has 0 aromatic heterocycles. The number of hydrogen-bond donors (Lipinski definition) is 3. The molecule has 19 heavy (non-hydrogen) atoms. The highest BCUT2D eigenvalue weighted by atomic mass is 19.1. The molecule has 0 atom stereocenters. The Bertz CT molecular complexity index is 495. The highest BCUT2D eigenvalue weighted by Crippen LogP contribution is 2.11. The molecule has 1 aromatic rings. The van der Waals surface area contributed by atoms with Gasteiger partial charge in [-0.1, -0.05) is 0 Å². The third-order valence-corrected chi connectivity index (χ3v) is 2.19. The van der Waals surface area contributed by atoms with Crippen molar-refractivity contribution in [2.75, 3.05) is 12.3 Å². The van der Waals surface area contributed by atoms with Gasteiger partial charge in [0.25, 0.3) is 5.91 Å². The number of benzene rings is 1. The van der Waals surface area contributed by atoms with Crippen LogP contribution in [0.25, 0.3) is 0 Å². The predicted octanol–water partition coefficient (Wildman–Crippen LogP) is 1.05. The highest BCUT2D eigenvalue weighted by molar-refractivity contribution is 5.96. The van der Waals surface area contributed by atoms with Crippen LogP contribution in [0.3, 0.4) is 0 Å². The van der Waals surface area contributed by atoms with E-state index in [0.717, 1.165) is 6.07 Å². The number of nitrogens with two attached hydrogens (primary N) is 1. The Morgan fingerprint density at radius 3 is 2.47 bits per heavy atom. The molecule has 0 unspecified atom stereocenters. The summed E-state index contributed by atoms with van der Waals surface area (Å²) in [5.74, 6) is -1.49. The van der Waals surface area contributed by atoms with Crippen LogP contribution in [0.1, 0.15) is 31.1 Å². The lowest BCUT2D eigenvalue weighted by Gasteiger charge is -2.20. The van der Waals surface area contributed by atoms with Crippen LogP contribution in [0.5, 0.6) is 0 Å². The van der Waals surface area contributed by atoms with Gasteiger partial charge in [-0.25, -0.2) is 4.39 Å². The van der Waals surface area contributed by atoms with Crippen molar-refractivity contribution >= 4 is 17.5 Å². The zero-order valence-electron chi connectivity index (χ0n) is 11.2. The van der Waals surface area contributed by atoms with E-state index in [2.05, 4.69) is 10.6 Å². The van der Waals surface area contributed by atoms with E-state index in [1.807, 2.05) is 20.8 Å². The van der Waals surface area contributed by atoms with Gasteiger partial charge >= 0.3 is 0 Å². The third kappa shape index (κ3) is 4.95. The Morgan fingerprint density at radius 2 is 1.95 bits per heavy atom. The maximum absolute atomic E-state index is 13.2. The molecule has 0 radical (unpaired) electrons. The van der Waals surface area contributed by atoms with Crippen molar-refractivity contribution in [3.8, 4) is 0 Å². The van der Waals surface area contributed by atoms with Gasteiger partial charge in [0.05, 0.1) is 12.2 Å². The van der Waals surface area contributed by atoms with Crippen molar-refractivity contribution in [3.63, 3.8) is 0 Å². The van der Waals surface area contributed by atoms with Crippen LogP contribution in [0.15, 0.2) is 18.2 Å². The summed E-state index contributed by atoms with van der Waals surface area (Å²) in [6.45, 7) is 5.34. The molecule has 4 N–H and O–H groups in total. The van der Waals surface area contributed by atoms with E-state index in [4.69, 9.17) is 5.73 Å². The second-order valence-corrected chi connectivity index (χ2v) is 5.22. The van der Waals surface area contributed by atoms with Gasteiger partial charge in [-0.2, -0.15) is 0 Å². The molecule has 0 saturated heterocycles. The summed E-state index contributed by atoms with van der Waals surface area (Å²) >= 11 is 0. The number of rotatable bonds is 3. The molecule has 5 nitrogen and oxygen atoms in total. The van der Waals surface area contributed by atoms with E-state index < -0.39 is 11.7 Å². The Balaban J connectivity index is 2.56. The van der Waals surface area contributed by atoms with Crippen LogP contribution in [0.4, 0.5) is 10.1 Å². The van der Waals surface area contributed by atoms with Crippen molar-refractivity contribution < 1.29 is 14.0 Å². The average molecular weight is 267 g/mol. The summed E-state index contributed by atoms with van der Waals surface area (Å²) in [6.07, 6.45) is 0. The molecule has 0 aliphatic carbocycles. The van der Waals surface area contributed by atoms with Gasteiger partial charge in [0.2, 0.25) is 5.91 Å². The highest BCUT2D eigenvalue weighted by Gasteiger charge is 2.15. The van der Waals surface area contributed by atoms with Gasteiger partial charge < -0.3 is 16.4 Å². The number of nitrogen functional groups attached to an aromatic ring is 1. The topological polar surface area (TPSA) is 84.2 Å². The first-order valence-electron chi connectivity index (χ1n) is 5.83. The second-order valence-electron chi connectivity index (χ2n) is 5.22. The molecule has 1 aromatic carbocycles. The fourth-order valence-corrected chi connectivity index (χ4v) is 1.39. The number of amides is 2. The van der Waals surface area contributed by atoms with E-state index in [-0.39, 0.29) is 29.2 Å². The number of carbonyl (C=O) groups is 2. The van der Waals surface area contributed by atoms with Gasteiger partial charge in [-0.3, -0.25) is 9.59 Å². The number of halogens is 1. The van der Waals surface area contributed by atoms with Gasteiger partial charge in [0, 0.05) is 11.1 Å². The molecule has 104 valence electrons. The zero-order valence-corrected chi connectivity index (χ0v) is 11.2. The Labute approximate surface area is 111 Å². The third-order valence-electron chi connectivity index (χ3n) is 2.19. The number of anilines is 1. The van der Waals surface area contributed by atoms with E-state index in [9.17, 15) is 14.0 Å². The molecule has 0 aliphatic heterocycles. The number of hydrogen-bond acceptors (Lipinski definition) is 3. The molecule has 0 aliphatic rings. The summed E-state index contributed by atoms with van der Waals surface area (Å²) < 4.78 is 13.2. The van der Waals surface area contributed by atoms with Crippen molar-refractivity contribution in [1.82, 2.24) is 10.6 Å². The van der Waals surface area contributed by atoms with Gasteiger partial charge in [-0.15, -0.1) is 0 Å². The number of nitrogens with one attached hydrogen (secondary N) is 2. The monoisotopic (exact) mass is 267 g/mol. The number of carbonyl (C=O) groups excluding carboxylic acids is 2. The smallest absolute Gasteiger partial charge is 0.251 e. The normalized spacial score (nSPS) is 10.9. The molecular weight excluding hydrogens is 249 g/mol. The van der Waals surface area contributed by atoms with Crippen LogP contribution in [0, 0.1) is 5.82 Å². The second kappa shape index (κ2) is 5.69. The first-order valence-corrected chi connectivity index (χ1v) is 5.83. The summed E-state index contributed by atoms with van der Waals surface area (Å²) in [7, 11) is 0. The molecule has 0 bridgehead atoms. The summed E-state index contributed by atoms with van der Waals surface area (Å²) in [4.78, 5) is 23.2. The van der Waals surface area contributed by atoms with E-state index in [0.29, 0.717) is 0 Å². The van der Waals surface area contributed by atoms with Crippen molar-refractivity contribution in [2.45, 2.75) is 26.3 Å². The maximum atomic E-state index is 13.2. The van der Waals surface area contributed by atoms with Crippen LogP contribution in [-0.2, 0) is 4.79 Å². The minimum absolute atomic E-state index is 0.0259. The van der Waals surface area contributed by atoms with Crippen molar-refractivity contribution in [1.29, 1.82) is 0 Å².